The number of aryl methyl sites for hydroxylation is 1. The van der Waals surface area contributed by atoms with E-state index in [1.54, 1.807) is 16.2 Å². The lowest BCUT2D eigenvalue weighted by Crippen LogP contribution is -2.50. The van der Waals surface area contributed by atoms with Gasteiger partial charge in [0.2, 0.25) is 5.91 Å². The SMILES string of the molecule is CC[C@@H](C)N(CC(=O)N1CCc2sccc2[C@@H]1COc1ccccc1)C(=O)Nc1ccc(C)cc1. The molecule has 3 aromatic rings. The van der Waals surface area contributed by atoms with Gasteiger partial charge in [-0.3, -0.25) is 4.79 Å². The number of para-hydroxylation sites is 1. The molecule has 184 valence electrons. The predicted molar refractivity (Wildman–Crippen MR) is 141 cm³/mol. The Morgan fingerprint density at radius 3 is 2.60 bits per heavy atom. The Hall–Kier alpha value is -3.32. The van der Waals surface area contributed by atoms with Gasteiger partial charge in [0.05, 0.1) is 6.04 Å². The average molecular weight is 492 g/mol. The van der Waals surface area contributed by atoms with E-state index in [0.29, 0.717) is 13.2 Å². The minimum absolute atomic E-state index is 0.0218. The van der Waals surface area contributed by atoms with Crippen LogP contribution in [0.25, 0.3) is 0 Å². The van der Waals surface area contributed by atoms with Gasteiger partial charge in [0.1, 0.15) is 18.9 Å². The molecule has 2 heterocycles. The summed E-state index contributed by atoms with van der Waals surface area (Å²) in [6, 6.07) is 18.9. The maximum Gasteiger partial charge on any atom is 0.322 e. The lowest BCUT2D eigenvalue weighted by Gasteiger charge is -2.38. The third-order valence-corrected chi connectivity index (χ3v) is 7.55. The summed E-state index contributed by atoms with van der Waals surface area (Å²) in [6.45, 7) is 7.02. The Balaban J connectivity index is 1.50. The molecule has 35 heavy (non-hydrogen) atoms. The Morgan fingerprint density at radius 1 is 1.14 bits per heavy atom. The van der Waals surface area contributed by atoms with Gasteiger partial charge in [0, 0.05) is 23.2 Å². The third-order valence-electron chi connectivity index (χ3n) is 6.56. The van der Waals surface area contributed by atoms with E-state index in [0.717, 1.165) is 35.4 Å². The highest BCUT2D eigenvalue weighted by Gasteiger charge is 2.34. The van der Waals surface area contributed by atoms with E-state index in [-0.39, 0.29) is 30.6 Å². The van der Waals surface area contributed by atoms with E-state index in [2.05, 4.69) is 16.8 Å². The molecule has 4 rings (SSSR count). The van der Waals surface area contributed by atoms with Crippen molar-refractivity contribution in [3.05, 3.63) is 82.0 Å². The second-order valence-electron chi connectivity index (χ2n) is 8.96. The molecule has 6 nitrogen and oxygen atoms in total. The Kier molecular flexibility index (Phi) is 8.08. The molecule has 0 bridgehead atoms. The number of benzene rings is 2. The molecule has 7 heteroatoms. The minimum atomic E-state index is -0.262. The number of fused-ring (bicyclic) bond motifs is 1. The third kappa shape index (κ3) is 6.03. The molecular weight excluding hydrogens is 458 g/mol. The maximum atomic E-state index is 13.6. The highest BCUT2D eigenvalue weighted by molar-refractivity contribution is 7.10. The van der Waals surface area contributed by atoms with Crippen LogP contribution < -0.4 is 10.1 Å². The van der Waals surface area contributed by atoms with Crippen LogP contribution in [-0.4, -0.2) is 47.5 Å². The van der Waals surface area contributed by atoms with Crippen molar-refractivity contribution in [2.45, 2.75) is 45.7 Å². The van der Waals surface area contributed by atoms with Crippen molar-refractivity contribution in [2.24, 2.45) is 0 Å². The van der Waals surface area contributed by atoms with Gasteiger partial charge < -0.3 is 19.9 Å². The van der Waals surface area contributed by atoms with Crippen molar-refractivity contribution >= 4 is 29.0 Å². The molecule has 0 aliphatic carbocycles. The lowest BCUT2D eigenvalue weighted by atomic mass is 10.00. The molecule has 1 aliphatic heterocycles. The number of anilines is 1. The largest absolute Gasteiger partial charge is 0.491 e. The number of nitrogens with zero attached hydrogens (tertiary/aromatic N) is 2. The van der Waals surface area contributed by atoms with Crippen LogP contribution in [0.2, 0.25) is 0 Å². The summed E-state index contributed by atoms with van der Waals surface area (Å²) in [4.78, 5) is 31.6. The molecular formula is C28H33N3O3S. The van der Waals surface area contributed by atoms with Crippen molar-refractivity contribution in [3.63, 3.8) is 0 Å². The number of ether oxygens (including phenoxy) is 1. The molecule has 2 atom stereocenters. The first-order valence-electron chi connectivity index (χ1n) is 12.1. The standard InChI is InChI=1S/C28H33N3O3S/c1-4-21(3)31(28(33)29-22-12-10-20(2)11-13-22)18-27(32)30-16-14-26-24(15-17-35-26)25(30)19-34-23-8-6-5-7-9-23/h5-13,15,17,21,25H,4,14,16,18-19H2,1-3H3,(H,29,33)/t21-,25+/m1/s1. The lowest BCUT2D eigenvalue weighted by molar-refractivity contribution is -0.135. The number of urea groups is 1. The smallest absolute Gasteiger partial charge is 0.322 e. The summed E-state index contributed by atoms with van der Waals surface area (Å²) in [7, 11) is 0. The molecule has 0 radical (unpaired) electrons. The Labute approximate surface area is 211 Å². The number of amides is 3. The average Bonchev–Trinajstić information content (AvgIpc) is 3.36. The van der Waals surface area contributed by atoms with E-state index in [9.17, 15) is 9.59 Å². The Morgan fingerprint density at radius 2 is 1.89 bits per heavy atom. The van der Waals surface area contributed by atoms with Gasteiger partial charge in [-0.05, 0) is 68.0 Å². The fourth-order valence-corrected chi connectivity index (χ4v) is 5.21. The number of thiophene rings is 1. The summed E-state index contributed by atoms with van der Waals surface area (Å²) in [5, 5.41) is 5.03. The zero-order chi connectivity index (χ0) is 24.8. The van der Waals surface area contributed by atoms with Crippen molar-refractivity contribution in [1.29, 1.82) is 0 Å². The number of nitrogens with one attached hydrogen (secondary N) is 1. The Bertz CT molecular complexity index is 1130. The number of hydrogen-bond donors (Lipinski definition) is 1. The van der Waals surface area contributed by atoms with Gasteiger partial charge in [-0.15, -0.1) is 11.3 Å². The summed E-state index contributed by atoms with van der Waals surface area (Å²) in [6.07, 6.45) is 1.57. The molecule has 1 N–H and O–H groups in total. The van der Waals surface area contributed by atoms with Crippen molar-refractivity contribution < 1.29 is 14.3 Å². The highest BCUT2D eigenvalue weighted by atomic mass is 32.1. The van der Waals surface area contributed by atoms with Gasteiger partial charge in [-0.2, -0.15) is 0 Å². The van der Waals surface area contributed by atoms with Crippen LogP contribution in [0.4, 0.5) is 10.5 Å². The van der Waals surface area contributed by atoms with Gasteiger partial charge in [0.15, 0.2) is 0 Å². The number of hydrogen-bond acceptors (Lipinski definition) is 4. The summed E-state index contributed by atoms with van der Waals surface area (Å²) >= 11 is 1.73. The van der Waals surface area contributed by atoms with Gasteiger partial charge >= 0.3 is 6.03 Å². The van der Waals surface area contributed by atoms with Crippen LogP contribution in [0.3, 0.4) is 0 Å². The monoisotopic (exact) mass is 491 g/mol. The molecule has 3 amide bonds. The fourth-order valence-electron chi connectivity index (χ4n) is 4.28. The molecule has 0 fully saturated rings. The second-order valence-corrected chi connectivity index (χ2v) is 9.96. The van der Waals surface area contributed by atoms with Gasteiger partial charge in [-0.25, -0.2) is 4.79 Å². The first kappa shape index (κ1) is 24.8. The molecule has 1 aliphatic rings. The van der Waals surface area contributed by atoms with Crippen LogP contribution in [0.5, 0.6) is 5.75 Å². The van der Waals surface area contributed by atoms with Gasteiger partial charge in [0.25, 0.3) is 0 Å². The van der Waals surface area contributed by atoms with Crippen LogP contribution in [0.1, 0.15) is 42.3 Å². The minimum Gasteiger partial charge on any atom is -0.491 e. The first-order chi connectivity index (χ1) is 17.0. The summed E-state index contributed by atoms with van der Waals surface area (Å²) in [5.41, 5.74) is 2.99. The van der Waals surface area contributed by atoms with E-state index in [4.69, 9.17) is 4.74 Å². The zero-order valence-corrected chi connectivity index (χ0v) is 21.4. The predicted octanol–water partition coefficient (Wildman–Crippen LogP) is 5.89. The molecule has 0 saturated heterocycles. The molecule has 0 saturated carbocycles. The van der Waals surface area contributed by atoms with Crippen LogP contribution >= 0.6 is 11.3 Å². The first-order valence-corrected chi connectivity index (χ1v) is 13.0. The molecule has 2 aromatic carbocycles. The fraction of sp³-hybridized carbons (Fsp3) is 0.357. The highest BCUT2D eigenvalue weighted by Crippen LogP contribution is 2.34. The van der Waals surface area contributed by atoms with Crippen LogP contribution in [0, 0.1) is 6.92 Å². The molecule has 1 aromatic heterocycles. The van der Waals surface area contributed by atoms with Gasteiger partial charge in [-0.1, -0.05) is 42.8 Å². The van der Waals surface area contributed by atoms with E-state index in [1.807, 2.05) is 80.3 Å². The topological polar surface area (TPSA) is 61.9 Å². The van der Waals surface area contributed by atoms with Crippen LogP contribution in [0.15, 0.2) is 66.0 Å². The number of carbonyl (C=O) groups is 2. The van der Waals surface area contributed by atoms with Crippen molar-refractivity contribution in [2.75, 3.05) is 25.0 Å². The number of carbonyl (C=O) groups excluding carboxylic acids is 2. The quantitative estimate of drug-likeness (QED) is 0.427. The molecule has 0 spiro atoms. The van der Waals surface area contributed by atoms with Crippen molar-refractivity contribution in [1.82, 2.24) is 9.80 Å². The number of rotatable bonds is 8. The van der Waals surface area contributed by atoms with E-state index < -0.39 is 0 Å². The normalized spacial score (nSPS) is 15.7. The maximum absolute atomic E-state index is 13.6. The summed E-state index contributed by atoms with van der Waals surface area (Å²) in [5.74, 6) is 0.712. The van der Waals surface area contributed by atoms with E-state index in [1.165, 1.54) is 4.88 Å². The van der Waals surface area contributed by atoms with E-state index >= 15 is 0 Å². The van der Waals surface area contributed by atoms with Crippen LogP contribution in [-0.2, 0) is 11.2 Å². The summed E-state index contributed by atoms with van der Waals surface area (Å²) < 4.78 is 6.08. The second kappa shape index (κ2) is 11.4. The molecule has 0 unspecified atom stereocenters. The zero-order valence-electron chi connectivity index (χ0n) is 20.6. The van der Waals surface area contributed by atoms with Crippen molar-refractivity contribution in [3.8, 4) is 5.75 Å².